The van der Waals surface area contributed by atoms with Crippen LogP contribution >= 0.6 is 22.6 Å². The average Bonchev–Trinajstić information content (AvgIpc) is 2.46. The first-order valence-corrected chi connectivity index (χ1v) is 8.38. The molecule has 0 aliphatic carbocycles. The number of sulfonamides is 1. The van der Waals surface area contributed by atoms with Crippen LogP contribution < -0.4 is 4.72 Å². The van der Waals surface area contributed by atoms with Crippen LogP contribution in [0.5, 0.6) is 0 Å². The Kier molecular flexibility index (Phi) is 4.91. The molecule has 6 nitrogen and oxygen atoms in total. The van der Waals surface area contributed by atoms with Gasteiger partial charge >= 0.3 is 5.97 Å². The molecule has 21 heavy (non-hydrogen) atoms. The third-order valence-electron chi connectivity index (χ3n) is 2.63. The van der Waals surface area contributed by atoms with Gasteiger partial charge in [0, 0.05) is 16.3 Å². The number of aromatic nitrogens is 1. The summed E-state index contributed by atoms with van der Waals surface area (Å²) in [5, 5.41) is 8.73. The van der Waals surface area contributed by atoms with Gasteiger partial charge in [0.15, 0.2) is 0 Å². The fourth-order valence-corrected chi connectivity index (χ4v) is 2.91. The minimum Gasteiger partial charge on any atom is -0.477 e. The first-order chi connectivity index (χ1) is 9.88. The molecule has 0 bridgehead atoms. The molecule has 0 saturated carbocycles. The molecule has 1 aromatic heterocycles. The normalized spacial score (nSPS) is 11.3. The number of benzene rings is 1. The second-order valence-corrected chi connectivity index (χ2v) is 7.15. The van der Waals surface area contributed by atoms with E-state index in [9.17, 15) is 13.2 Å². The van der Waals surface area contributed by atoms with Crippen molar-refractivity contribution in [3.63, 3.8) is 0 Å². The lowest BCUT2D eigenvalue weighted by Crippen LogP contribution is -2.23. The standard InChI is InChI=1S/C13H11IN2O4S/c14-10-2-4-11(5-3-10)21(19,20)16-8-9-1-6-12(13(17)18)15-7-9/h1-7,16H,8H2,(H,17,18). The summed E-state index contributed by atoms with van der Waals surface area (Å²) in [5.74, 6) is -1.12. The van der Waals surface area contributed by atoms with Crippen LogP contribution in [0.1, 0.15) is 16.1 Å². The van der Waals surface area contributed by atoms with Gasteiger partial charge < -0.3 is 5.11 Å². The number of aromatic carboxylic acids is 1. The van der Waals surface area contributed by atoms with Gasteiger partial charge in [-0.3, -0.25) is 0 Å². The summed E-state index contributed by atoms with van der Waals surface area (Å²) in [6, 6.07) is 9.31. The van der Waals surface area contributed by atoms with E-state index in [1.165, 1.54) is 30.5 Å². The highest BCUT2D eigenvalue weighted by atomic mass is 127. The molecule has 0 unspecified atom stereocenters. The van der Waals surface area contributed by atoms with E-state index in [1.807, 2.05) is 0 Å². The average molecular weight is 418 g/mol. The lowest BCUT2D eigenvalue weighted by atomic mass is 10.2. The molecule has 0 radical (unpaired) electrons. The van der Waals surface area contributed by atoms with Crippen molar-refractivity contribution in [1.29, 1.82) is 0 Å². The van der Waals surface area contributed by atoms with Gasteiger partial charge in [-0.05, 0) is 58.5 Å². The monoisotopic (exact) mass is 418 g/mol. The number of carboxylic acid groups (broad SMARTS) is 1. The molecular formula is C13H11IN2O4S. The molecule has 0 spiro atoms. The summed E-state index contributed by atoms with van der Waals surface area (Å²) in [5.41, 5.74) is 0.494. The van der Waals surface area contributed by atoms with Crippen LogP contribution in [0.2, 0.25) is 0 Å². The molecule has 0 saturated heterocycles. The molecule has 2 N–H and O–H groups in total. The Bertz CT molecular complexity index is 743. The van der Waals surface area contributed by atoms with Gasteiger partial charge in [0.25, 0.3) is 0 Å². The van der Waals surface area contributed by atoms with Gasteiger partial charge in [-0.1, -0.05) is 6.07 Å². The van der Waals surface area contributed by atoms with Gasteiger partial charge in [0.05, 0.1) is 4.90 Å². The van der Waals surface area contributed by atoms with E-state index in [4.69, 9.17) is 5.11 Å². The lowest BCUT2D eigenvalue weighted by molar-refractivity contribution is 0.0690. The maximum absolute atomic E-state index is 12.1. The van der Waals surface area contributed by atoms with Crippen molar-refractivity contribution in [2.24, 2.45) is 0 Å². The maximum Gasteiger partial charge on any atom is 0.354 e. The highest BCUT2D eigenvalue weighted by Crippen LogP contribution is 2.12. The molecule has 2 aromatic rings. The van der Waals surface area contributed by atoms with Crippen LogP contribution in [-0.2, 0) is 16.6 Å². The Morgan fingerprint density at radius 2 is 1.86 bits per heavy atom. The van der Waals surface area contributed by atoms with Crippen molar-refractivity contribution >= 4 is 38.6 Å². The molecule has 2 rings (SSSR count). The minimum atomic E-state index is -3.60. The van der Waals surface area contributed by atoms with E-state index in [2.05, 4.69) is 32.3 Å². The predicted molar refractivity (Wildman–Crippen MR) is 84.4 cm³/mol. The van der Waals surface area contributed by atoms with E-state index in [0.717, 1.165) is 3.57 Å². The summed E-state index contributed by atoms with van der Waals surface area (Å²) in [7, 11) is -3.60. The number of hydrogen-bond acceptors (Lipinski definition) is 4. The molecule has 0 aliphatic rings. The Morgan fingerprint density at radius 1 is 1.19 bits per heavy atom. The van der Waals surface area contributed by atoms with E-state index < -0.39 is 16.0 Å². The SMILES string of the molecule is O=C(O)c1ccc(CNS(=O)(=O)c2ccc(I)cc2)cn1. The van der Waals surface area contributed by atoms with Crippen LogP contribution in [-0.4, -0.2) is 24.5 Å². The third-order valence-corrected chi connectivity index (χ3v) is 4.77. The van der Waals surface area contributed by atoms with Crippen molar-refractivity contribution < 1.29 is 18.3 Å². The van der Waals surface area contributed by atoms with E-state index in [1.54, 1.807) is 12.1 Å². The second-order valence-electron chi connectivity index (χ2n) is 4.14. The Morgan fingerprint density at radius 3 is 2.38 bits per heavy atom. The number of nitrogens with zero attached hydrogens (tertiary/aromatic N) is 1. The number of hydrogen-bond donors (Lipinski definition) is 2. The largest absolute Gasteiger partial charge is 0.477 e. The van der Waals surface area contributed by atoms with Crippen molar-refractivity contribution in [3.8, 4) is 0 Å². The summed E-state index contributed by atoms with van der Waals surface area (Å²) in [4.78, 5) is 14.6. The number of nitrogens with one attached hydrogen (secondary N) is 1. The summed E-state index contributed by atoms with van der Waals surface area (Å²) in [6.07, 6.45) is 1.33. The van der Waals surface area contributed by atoms with Crippen LogP contribution in [0.4, 0.5) is 0 Å². The molecule has 0 aliphatic heterocycles. The molecule has 0 amide bonds. The number of halogens is 1. The maximum atomic E-state index is 12.1. The third kappa shape index (κ3) is 4.22. The molecular weight excluding hydrogens is 407 g/mol. The van der Waals surface area contributed by atoms with Crippen LogP contribution in [0.25, 0.3) is 0 Å². The van der Waals surface area contributed by atoms with Gasteiger partial charge in [0.1, 0.15) is 5.69 Å². The molecule has 0 fully saturated rings. The predicted octanol–water partition coefficient (Wildman–Crippen LogP) is 1.86. The fourth-order valence-electron chi connectivity index (χ4n) is 1.53. The van der Waals surface area contributed by atoms with E-state index >= 15 is 0 Å². The van der Waals surface area contributed by atoms with Crippen LogP contribution in [0, 0.1) is 3.57 Å². The smallest absolute Gasteiger partial charge is 0.354 e. The van der Waals surface area contributed by atoms with Gasteiger partial charge in [0.2, 0.25) is 10.0 Å². The summed E-state index contributed by atoms with van der Waals surface area (Å²) >= 11 is 2.09. The summed E-state index contributed by atoms with van der Waals surface area (Å²) in [6.45, 7) is 0.0429. The van der Waals surface area contributed by atoms with Gasteiger partial charge in [-0.15, -0.1) is 0 Å². The molecule has 1 heterocycles. The Balaban J connectivity index is 2.08. The molecule has 110 valence electrons. The fraction of sp³-hybridized carbons (Fsp3) is 0.0769. The molecule has 1 aromatic carbocycles. The highest BCUT2D eigenvalue weighted by Gasteiger charge is 2.13. The van der Waals surface area contributed by atoms with Crippen molar-refractivity contribution in [2.75, 3.05) is 0 Å². The zero-order valence-corrected chi connectivity index (χ0v) is 13.6. The first-order valence-electron chi connectivity index (χ1n) is 5.82. The number of pyridine rings is 1. The van der Waals surface area contributed by atoms with Crippen molar-refractivity contribution in [2.45, 2.75) is 11.4 Å². The van der Waals surface area contributed by atoms with Gasteiger partial charge in [-0.25, -0.2) is 22.9 Å². The second kappa shape index (κ2) is 6.50. The van der Waals surface area contributed by atoms with Crippen LogP contribution in [0.3, 0.4) is 0 Å². The van der Waals surface area contributed by atoms with Crippen LogP contribution in [0.15, 0.2) is 47.5 Å². The topological polar surface area (TPSA) is 96.4 Å². The molecule has 0 atom stereocenters. The molecule has 8 heteroatoms. The van der Waals surface area contributed by atoms with Crippen molar-refractivity contribution in [1.82, 2.24) is 9.71 Å². The van der Waals surface area contributed by atoms with E-state index in [-0.39, 0.29) is 17.1 Å². The van der Waals surface area contributed by atoms with Gasteiger partial charge in [-0.2, -0.15) is 0 Å². The van der Waals surface area contributed by atoms with Crippen molar-refractivity contribution in [3.05, 3.63) is 57.4 Å². The number of carboxylic acids is 1. The first kappa shape index (κ1) is 15.9. The quantitative estimate of drug-likeness (QED) is 0.723. The Hall–Kier alpha value is -1.52. The minimum absolute atomic E-state index is 0.0429. The lowest BCUT2D eigenvalue weighted by Gasteiger charge is -2.07. The highest BCUT2D eigenvalue weighted by molar-refractivity contribution is 14.1. The van der Waals surface area contributed by atoms with E-state index in [0.29, 0.717) is 5.56 Å². The number of carbonyl (C=O) groups is 1. The zero-order valence-electron chi connectivity index (χ0n) is 10.7. The zero-order chi connectivity index (χ0) is 15.5. The summed E-state index contributed by atoms with van der Waals surface area (Å²) < 4.78 is 27.5. The Labute approximate surface area is 135 Å². The number of rotatable bonds is 5.